The van der Waals surface area contributed by atoms with E-state index in [-0.39, 0.29) is 6.10 Å². The Morgan fingerprint density at radius 3 is 3.00 bits per heavy atom. The Bertz CT molecular complexity index is 447. The van der Waals surface area contributed by atoms with Crippen molar-refractivity contribution in [1.82, 2.24) is 0 Å². The van der Waals surface area contributed by atoms with E-state index in [0.717, 1.165) is 37.2 Å². The number of hydrogen-bond donors (Lipinski definition) is 1. The Labute approximate surface area is 118 Å². The van der Waals surface area contributed by atoms with Crippen molar-refractivity contribution in [1.29, 1.82) is 0 Å². The van der Waals surface area contributed by atoms with E-state index in [1.165, 1.54) is 0 Å². The van der Waals surface area contributed by atoms with E-state index in [2.05, 4.69) is 4.90 Å². The van der Waals surface area contributed by atoms with Crippen LogP contribution in [-0.4, -0.2) is 31.3 Å². The molecule has 0 aliphatic carbocycles. The highest BCUT2D eigenvalue weighted by Crippen LogP contribution is 2.27. The standard InChI is InChI=1S/C13H17ClN2OS/c1-16(8-9-4-3-7-17-9)11-6-2-5-10(14)12(11)13(15)18/h2,5-6,9H,3-4,7-8H2,1H3,(H2,15,18). The average molecular weight is 285 g/mol. The second kappa shape index (κ2) is 5.87. The molecule has 0 radical (unpaired) electrons. The minimum Gasteiger partial charge on any atom is -0.389 e. The van der Waals surface area contributed by atoms with Gasteiger partial charge in [0, 0.05) is 25.9 Å². The molecular formula is C13H17ClN2OS. The number of nitrogens with two attached hydrogens (primary N) is 1. The van der Waals surface area contributed by atoms with Gasteiger partial charge in [-0.1, -0.05) is 29.9 Å². The first-order chi connectivity index (χ1) is 8.59. The minimum atomic E-state index is 0.285. The summed E-state index contributed by atoms with van der Waals surface area (Å²) in [4.78, 5) is 2.44. The maximum Gasteiger partial charge on any atom is 0.107 e. The fourth-order valence-corrected chi connectivity index (χ4v) is 2.81. The van der Waals surface area contributed by atoms with Crippen molar-refractivity contribution >= 4 is 34.5 Å². The number of ether oxygens (including phenoxy) is 1. The van der Waals surface area contributed by atoms with Crippen LogP contribution in [0.2, 0.25) is 5.02 Å². The number of rotatable bonds is 4. The molecule has 0 amide bonds. The molecule has 1 fully saturated rings. The van der Waals surface area contributed by atoms with Crippen molar-refractivity contribution in [2.24, 2.45) is 5.73 Å². The van der Waals surface area contributed by atoms with Crippen LogP contribution >= 0.6 is 23.8 Å². The fraction of sp³-hybridized carbons (Fsp3) is 0.462. The highest BCUT2D eigenvalue weighted by atomic mass is 35.5. The summed E-state index contributed by atoms with van der Waals surface area (Å²) in [5, 5.41) is 0.596. The maximum atomic E-state index is 6.16. The lowest BCUT2D eigenvalue weighted by Crippen LogP contribution is -2.30. The van der Waals surface area contributed by atoms with Crippen molar-refractivity contribution in [3.63, 3.8) is 0 Å². The Morgan fingerprint density at radius 1 is 1.61 bits per heavy atom. The van der Waals surface area contributed by atoms with Gasteiger partial charge in [-0.25, -0.2) is 0 Å². The molecule has 1 aromatic carbocycles. The molecular weight excluding hydrogens is 268 g/mol. The largest absolute Gasteiger partial charge is 0.389 e. The second-order valence-electron chi connectivity index (χ2n) is 4.51. The number of benzene rings is 1. The summed E-state index contributed by atoms with van der Waals surface area (Å²) < 4.78 is 5.64. The molecule has 2 N–H and O–H groups in total. The zero-order valence-electron chi connectivity index (χ0n) is 10.4. The van der Waals surface area contributed by atoms with Gasteiger partial charge in [-0.05, 0) is 25.0 Å². The van der Waals surface area contributed by atoms with Crippen LogP contribution in [0.4, 0.5) is 5.69 Å². The lowest BCUT2D eigenvalue weighted by Gasteiger charge is -2.25. The molecule has 0 spiro atoms. The third-order valence-electron chi connectivity index (χ3n) is 3.15. The normalized spacial score (nSPS) is 18.9. The molecule has 18 heavy (non-hydrogen) atoms. The molecule has 1 saturated heterocycles. The van der Waals surface area contributed by atoms with E-state index in [1.807, 2.05) is 19.2 Å². The first-order valence-electron chi connectivity index (χ1n) is 6.00. The van der Waals surface area contributed by atoms with Gasteiger partial charge in [-0.2, -0.15) is 0 Å². The lowest BCUT2D eigenvalue weighted by atomic mass is 10.1. The van der Waals surface area contributed by atoms with Crippen LogP contribution < -0.4 is 10.6 Å². The first-order valence-corrected chi connectivity index (χ1v) is 6.79. The topological polar surface area (TPSA) is 38.5 Å². The number of halogens is 1. The van der Waals surface area contributed by atoms with Crippen LogP contribution in [0, 0.1) is 0 Å². The molecule has 0 saturated carbocycles. The highest BCUT2D eigenvalue weighted by molar-refractivity contribution is 7.80. The molecule has 5 heteroatoms. The summed E-state index contributed by atoms with van der Waals surface area (Å²) in [6.07, 6.45) is 2.52. The molecule has 3 nitrogen and oxygen atoms in total. The molecule has 1 unspecified atom stereocenters. The van der Waals surface area contributed by atoms with Crippen LogP contribution in [0.1, 0.15) is 18.4 Å². The molecule has 1 aliphatic heterocycles. The lowest BCUT2D eigenvalue weighted by molar-refractivity contribution is 0.116. The van der Waals surface area contributed by atoms with Crippen molar-refractivity contribution in [3.8, 4) is 0 Å². The summed E-state index contributed by atoms with van der Waals surface area (Å²) in [6.45, 7) is 1.69. The van der Waals surface area contributed by atoms with Crippen LogP contribution in [0.3, 0.4) is 0 Å². The Balaban J connectivity index is 2.20. The molecule has 98 valence electrons. The maximum absolute atomic E-state index is 6.16. The smallest absolute Gasteiger partial charge is 0.107 e. The summed E-state index contributed by atoms with van der Waals surface area (Å²) >= 11 is 11.2. The van der Waals surface area contributed by atoms with Gasteiger partial charge in [0.25, 0.3) is 0 Å². The quantitative estimate of drug-likeness (QED) is 0.863. The molecule has 1 heterocycles. The molecule has 1 aliphatic rings. The van der Waals surface area contributed by atoms with E-state index in [4.69, 9.17) is 34.3 Å². The highest BCUT2D eigenvalue weighted by Gasteiger charge is 2.20. The van der Waals surface area contributed by atoms with E-state index in [9.17, 15) is 0 Å². The Kier molecular flexibility index (Phi) is 4.43. The van der Waals surface area contributed by atoms with Gasteiger partial charge in [-0.3, -0.25) is 0 Å². The van der Waals surface area contributed by atoms with Crippen molar-refractivity contribution < 1.29 is 4.74 Å². The Hall–Kier alpha value is -0.840. The van der Waals surface area contributed by atoms with Crippen LogP contribution in [-0.2, 0) is 4.74 Å². The zero-order valence-corrected chi connectivity index (χ0v) is 11.9. The van der Waals surface area contributed by atoms with E-state index in [1.54, 1.807) is 6.07 Å². The van der Waals surface area contributed by atoms with Crippen LogP contribution in [0.25, 0.3) is 0 Å². The van der Waals surface area contributed by atoms with Gasteiger partial charge < -0.3 is 15.4 Å². The monoisotopic (exact) mass is 284 g/mol. The summed E-state index contributed by atoms with van der Waals surface area (Å²) in [7, 11) is 2.01. The molecule has 1 atom stereocenters. The molecule has 0 aromatic heterocycles. The number of nitrogens with zero attached hydrogens (tertiary/aromatic N) is 1. The second-order valence-corrected chi connectivity index (χ2v) is 5.36. The van der Waals surface area contributed by atoms with Gasteiger partial charge >= 0.3 is 0 Å². The molecule has 2 rings (SSSR count). The molecule has 0 bridgehead atoms. The van der Waals surface area contributed by atoms with E-state index in [0.29, 0.717) is 10.0 Å². The SMILES string of the molecule is CN(CC1CCCO1)c1cccc(Cl)c1C(N)=S. The van der Waals surface area contributed by atoms with E-state index >= 15 is 0 Å². The van der Waals surface area contributed by atoms with E-state index < -0.39 is 0 Å². The van der Waals surface area contributed by atoms with Crippen molar-refractivity contribution in [2.75, 3.05) is 25.1 Å². The zero-order chi connectivity index (χ0) is 13.1. The molecule has 1 aromatic rings. The van der Waals surface area contributed by atoms with Crippen LogP contribution in [0.5, 0.6) is 0 Å². The number of hydrogen-bond acceptors (Lipinski definition) is 3. The third-order valence-corrected chi connectivity index (χ3v) is 3.67. The number of anilines is 1. The van der Waals surface area contributed by atoms with Gasteiger partial charge in [-0.15, -0.1) is 0 Å². The number of likely N-dealkylation sites (N-methyl/N-ethyl adjacent to an activating group) is 1. The third kappa shape index (κ3) is 2.94. The summed E-state index contributed by atoms with van der Waals surface area (Å²) in [5.74, 6) is 0. The predicted molar refractivity (Wildman–Crippen MR) is 79.6 cm³/mol. The van der Waals surface area contributed by atoms with Crippen molar-refractivity contribution in [3.05, 3.63) is 28.8 Å². The fourth-order valence-electron chi connectivity index (χ4n) is 2.27. The van der Waals surface area contributed by atoms with Gasteiger partial charge in [0.1, 0.15) is 4.99 Å². The summed E-state index contributed by atoms with van der Waals surface area (Å²) in [6, 6.07) is 5.69. The average Bonchev–Trinajstić information content (AvgIpc) is 2.80. The van der Waals surface area contributed by atoms with Gasteiger partial charge in [0.05, 0.1) is 16.7 Å². The first kappa shape index (κ1) is 13.6. The van der Waals surface area contributed by atoms with Crippen molar-refractivity contribution in [2.45, 2.75) is 18.9 Å². The Morgan fingerprint density at radius 2 is 2.39 bits per heavy atom. The van der Waals surface area contributed by atoms with Gasteiger partial charge in [0.2, 0.25) is 0 Å². The summed E-state index contributed by atoms with van der Waals surface area (Å²) in [5.41, 5.74) is 7.46. The predicted octanol–water partition coefficient (Wildman–Crippen LogP) is 2.59. The number of thiocarbonyl (C=S) groups is 1. The van der Waals surface area contributed by atoms with Gasteiger partial charge in [0.15, 0.2) is 0 Å². The minimum absolute atomic E-state index is 0.285. The van der Waals surface area contributed by atoms with Crippen LogP contribution in [0.15, 0.2) is 18.2 Å².